The van der Waals surface area contributed by atoms with E-state index in [1.54, 1.807) is 29.2 Å². The summed E-state index contributed by atoms with van der Waals surface area (Å²) in [6.45, 7) is 7.96. The van der Waals surface area contributed by atoms with Gasteiger partial charge < -0.3 is 19.1 Å². The smallest absolute Gasteiger partial charge is 0.410 e. The number of rotatable bonds is 7. The molecule has 0 atom stereocenters. The van der Waals surface area contributed by atoms with Gasteiger partial charge in [0.25, 0.3) is 0 Å². The van der Waals surface area contributed by atoms with E-state index in [1.165, 1.54) is 0 Å². The summed E-state index contributed by atoms with van der Waals surface area (Å²) in [7, 11) is 0. The highest BCUT2D eigenvalue weighted by atomic mass is 16.6. The second-order valence-electron chi connectivity index (χ2n) is 9.13. The number of ether oxygens (including phenoxy) is 3. The zero-order chi connectivity index (χ0) is 23.0. The second-order valence-corrected chi connectivity index (χ2v) is 9.13. The summed E-state index contributed by atoms with van der Waals surface area (Å²) in [4.78, 5) is 26.1. The highest BCUT2D eigenvalue weighted by Crippen LogP contribution is 2.23. The van der Waals surface area contributed by atoms with Crippen LogP contribution in [0, 0.1) is 5.92 Å². The minimum atomic E-state index is -0.462. The molecule has 0 saturated carbocycles. The maximum atomic E-state index is 12.2. The van der Waals surface area contributed by atoms with Crippen LogP contribution in [0.2, 0.25) is 0 Å². The van der Waals surface area contributed by atoms with Gasteiger partial charge in [-0.15, -0.1) is 0 Å². The van der Waals surface area contributed by atoms with Gasteiger partial charge in [0.2, 0.25) is 0 Å². The monoisotopic (exact) mass is 439 g/mol. The first-order valence-corrected chi connectivity index (χ1v) is 11.2. The molecular weight excluding hydrogens is 406 g/mol. The van der Waals surface area contributed by atoms with Crippen molar-refractivity contribution in [3.05, 3.63) is 65.7 Å². The molecule has 0 aliphatic carbocycles. The number of piperidine rings is 1. The van der Waals surface area contributed by atoms with Gasteiger partial charge in [0, 0.05) is 13.1 Å². The van der Waals surface area contributed by atoms with Crippen LogP contribution >= 0.6 is 0 Å². The predicted molar refractivity (Wildman–Crippen MR) is 123 cm³/mol. The first kappa shape index (κ1) is 23.6. The van der Waals surface area contributed by atoms with Crippen LogP contribution in [0.1, 0.15) is 56.0 Å². The van der Waals surface area contributed by atoms with E-state index in [0.717, 1.165) is 43.7 Å². The van der Waals surface area contributed by atoms with Crippen molar-refractivity contribution in [1.82, 2.24) is 4.90 Å². The van der Waals surface area contributed by atoms with Crippen LogP contribution in [0.3, 0.4) is 0 Å². The average molecular weight is 440 g/mol. The fraction of sp³-hybridized carbons (Fsp3) is 0.462. The number of likely N-dealkylation sites (tertiary alicyclic amines) is 1. The molecule has 172 valence electrons. The zero-order valence-electron chi connectivity index (χ0n) is 19.2. The van der Waals surface area contributed by atoms with Crippen molar-refractivity contribution in [2.24, 2.45) is 5.92 Å². The van der Waals surface area contributed by atoms with Crippen LogP contribution in [0.25, 0.3) is 0 Å². The van der Waals surface area contributed by atoms with E-state index >= 15 is 0 Å². The van der Waals surface area contributed by atoms with Gasteiger partial charge in [0.15, 0.2) is 0 Å². The minimum Gasteiger partial charge on any atom is -0.494 e. The molecule has 2 aromatic rings. The maximum Gasteiger partial charge on any atom is 0.410 e. The number of esters is 1. The van der Waals surface area contributed by atoms with Crippen LogP contribution in [0.15, 0.2) is 54.6 Å². The molecule has 3 rings (SSSR count). The lowest BCUT2D eigenvalue weighted by Gasteiger charge is -2.33. The molecule has 6 nitrogen and oxygen atoms in total. The minimum absolute atomic E-state index is 0.227. The molecule has 0 unspecified atom stereocenters. The third-order valence-electron chi connectivity index (χ3n) is 5.36. The lowest BCUT2D eigenvalue weighted by atomic mass is 9.94. The molecule has 1 amide bonds. The van der Waals surface area contributed by atoms with E-state index in [-0.39, 0.29) is 18.7 Å². The Balaban J connectivity index is 1.35. The van der Waals surface area contributed by atoms with Crippen molar-refractivity contribution in [2.45, 2.75) is 52.2 Å². The van der Waals surface area contributed by atoms with Crippen molar-refractivity contribution in [3.63, 3.8) is 0 Å². The van der Waals surface area contributed by atoms with E-state index in [1.807, 2.05) is 51.1 Å². The van der Waals surface area contributed by atoms with Crippen molar-refractivity contribution in [1.29, 1.82) is 0 Å². The normalized spacial score (nSPS) is 14.7. The Morgan fingerprint density at radius 2 is 1.62 bits per heavy atom. The van der Waals surface area contributed by atoms with E-state index in [2.05, 4.69) is 0 Å². The molecule has 1 heterocycles. The lowest BCUT2D eigenvalue weighted by molar-refractivity contribution is 0.0177. The highest BCUT2D eigenvalue weighted by Gasteiger charge is 2.26. The van der Waals surface area contributed by atoms with E-state index in [4.69, 9.17) is 14.2 Å². The molecule has 0 spiro atoms. The van der Waals surface area contributed by atoms with Crippen molar-refractivity contribution < 1.29 is 23.8 Å². The quantitative estimate of drug-likeness (QED) is 0.536. The number of hydrogen-bond donors (Lipinski definition) is 0. The Morgan fingerprint density at radius 3 is 2.25 bits per heavy atom. The number of carbonyl (C=O) groups is 2. The number of amides is 1. The molecule has 6 heteroatoms. The molecule has 1 aliphatic heterocycles. The molecule has 32 heavy (non-hydrogen) atoms. The molecule has 0 aromatic heterocycles. The molecular formula is C26H33NO5. The SMILES string of the molecule is CC(C)(C)OC(=O)N1CCC(CCOc2ccc(C(=O)OCc3ccccc3)cc2)CC1. The third kappa shape index (κ3) is 7.59. The first-order chi connectivity index (χ1) is 15.3. The summed E-state index contributed by atoms with van der Waals surface area (Å²) in [5.41, 5.74) is 0.996. The van der Waals surface area contributed by atoms with Gasteiger partial charge in [-0.25, -0.2) is 9.59 Å². The maximum absolute atomic E-state index is 12.2. The predicted octanol–water partition coefficient (Wildman–Crippen LogP) is 5.46. The summed E-state index contributed by atoms with van der Waals surface area (Å²) in [6, 6.07) is 16.6. The van der Waals surface area contributed by atoms with Gasteiger partial charge >= 0.3 is 12.1 Å². The van der Waals surface area contributed by atoms with Gasteiger partial charge in [-0.3, -0.25) is 0 Å². The molecule has 0 N–H and O–H groups in total. The average Bonchev–Trinajstić information content (AvgIpc) is 2.78. The van der Waals surface area contributed by atoms with E-state index in [9.17, 15) is 9.59 Å². The molecule has 1 aliphatic rings. The molecule has 2 aromatic carbocycles. The summed E-state index contributed by atoms with van der Waals surface area (Å²) in [6.07, 6.45) is 2.61. The van der Waals surface area contributed by atoms with Crippen LogP contribution in [-0.4, -0.2) is 42.3 Å². The van der Waals surface area contributed by atoms with E-state index in [0.29, 0.717) is 18.1 Å². The van der Waals surface area contributed by atoms with E-state index < -0.39 is 5.60 Å². The Hall–Kier alpha value is -3.02. The fourth-order valence-electron chi connectivity index (χ4n) is 3.57. The van der Waals surface area contributed by atoms with Gasteiger partial charge in [0.05, 0.1) is 12.2 Å². The first-order valence-electron chi connectivity index (χ1n) is 11.2. The fourth-order valence-corrected chi connectivity index (χ4v) is 3.57. The third-order valence-corrected chi connectivity index (χ3v) is 5.36. The zero-order valence-corrected chi connectivity index (χ0v) is 19.2. The summed E-state index contributed by atoms with van der Waals surface area (Å²) in [5, 5.41) is 0. The van der Waals surface area contributed by atoms with Crippen LogP contribution in [0.4, 0.5) is 4.79 Å². The number of hydrogen-bond acceptors (Lipinski definition) is 5. The number of carbonyl (C=O) groups excluding carboxylic acids is 2. The van der Waals surface area contributed by atoms with Crippen LogP contribution in [0.5, 0.6) is 5.75 Å². The molecule has 0 radical (unpaired) electrons. The van der Waals surface area contributed by atoms with Gasteiger partial charge in [0.1, 0.15) is 18.0 Å². The summed E-state index contributed by atoms with van der Waals surface area (Å²) < 4.78 is 16.7. The molecule has 0 bridgehead atoms. The number of nitrogens with zero attached hydrogens (tertiary/aromatic N) is 1. The summed E-state index contributed by atoms with van der Waals surface area (Å²) in [5.74, 6) is 0.911. The van der Waals surface area contributed by atoms with Gasteiger partial charge in [-0.1, -0.05) is 30.3 Å². The van der Waals surface area contributed by atoms with Crippen molar-refractivity contribution >= 4 is 12.1 Å². The molecule has 1 fully saturated rings. The number of benzene rings is 2. The Morgan fingerprint density at radius 1 is 0.969 bits per heavy atom. The van der Waals surface area contributed by atoms with Gasteiger partial charge in [-0.05, 0) is 75.8 Å². The highest BCUT2D eigenvalue weighted by molar-refractivity contribution is 5.89. The Bertz CT molecular complexity index is 865. The van der Waals surface area contributed by atoms with Crippen molar-refractivity contribution in [2.75, 3.05) is 19.7 Å². The van der Waals surface area contributed by atoms with Crippen LogP contribution in [-0.2, 0) is 16.1 Å². The Kier molecular flexibility index (Phi) is 8.14. The summed E-state index contributed by atoms with van der Waals surface area (Å²) >= 11 is 0. The lowest BCUT2D eigenvalue weighted by Crippen LogP contribution is -2.41. The van der Waals surface area contributed by atoms with Crippen molar-refractivity contribution in [3.8, 4) is 5.75 Å². The Labute approximate surface area is 190 Å². The topological polar surface area (TPSA) is 65.1 Å². The standard InChI is InChI=1S/C26H33NO5/c1-26(2,3)32-25(29)27-16-13-20(14-17-27)15-18-30-23-11-9-22(10-12-23)24(28)31-19-21-7-5-4-6-8-21/h4-12,20H,13-19H2,1-3H3. The van der Waals surface area contributed by atoms with Crippen LogP contribution < -0.4 is 4.74 Å². The second kappa shape index (κ2) is 11.0. The molecule has 1 saturated heterocycles. The largest absolute Gasteiger partial charge is 0.494 e. The van der Waals surface area contributed by atoms with Gasteiger partial charge in [-0.2, -0.15) is 0 Å².